The van der Waals surface area contributed by atoms with Gasteiger partial charge in [0.05, 0.1) is 6.10 Å². The third-order valence-corrected chi connectivity index (χ3v) is 2.29. The summed E-state index contributed by atoms with van der Waals surface area (Å²) in [4.78, 5) is 14.9. The summed E-state index contributed by atoms with van der Waals surface area (Å²) in [6.45, 7) is 9.71. The van der Waals surface area contributed by atoms with Crippen LogP contribution in [0.15, 0.2) is 0 Å². The van der Waals surface area contributed by atoms with Crippen molar-refractivity contribution >= 4 is 11.9 Å². The Balaban J connectivity index is 2.95. The molecule has 18 heavy (non-hydrogen) atoms. The Bertz CT molecular complexity index is 369. The number of anilines is 2. The highest BCUT2D eigenvalue weighted by atomic mass is 16.5. The first-order chi connectivity index (χ1) is 8.56. The summed E-state index contributed by atoms with van der Waals surface area (Å²) >= 11 is 0. The molecule has 0 aliphatic heterocycles. The largest absolute Gasteiger partial charge is 0.461 e. The number of aromatic nitrogens is 3. The third-order valence-electron chi connectivity index (χ3n) is 2.29. The highest BCUT2D eigenvalue weighted by Crippen LogP contribution is 2.14. The van der Waals surface area contributed by atoms with Crippen molar-refractivity contribution in [3.63, 3.8) is 0 Å². The summed E-state index contributed by atoms with van der Waals surface area (Å²) in [7, 11) is 1.94. The average molecular weight is 253 g/mol. The highest BCUT2D eigenvalue weighted by Gasteiger charge is 2.11. The van der Waals surface area contributed by atoms with Gasteiger partial charge >= 0.3 is 6.01 Å². The van der Waals surface area contributed by atoms with E-state index in [1.807, 2.05) is 32.7 Å². The van der Waals surface area contributed by atoms with Crippen molar-refractivity contribution in [1.82, 2.24) is 15.0 Å². The summed E-state index contributed by atoms with van der Waals surface area (Å²) in [5.74, 6) is 1.19. The second kappa shape index (κ2) is 6.98. The van der Waals surface area contributed by atoms with Crippen molar-refractivity contribution in [2.45, 2.75) is 40.2 Å². The summed E-state index contributed by atoms with van der Waals surface area (Å²) in [5.41, 5.74) is 0. The molecular weight excluding hydrogens is 230 g/mol. The minimum Gasteiger partial charge on any atom is -0.461 e. The van der Waals surface area contributed by atoms with Crippen molar-refractivity contribution in [3.05, 3.63) is 0 Å². The average Bonchev–Trinajstić information content (AvgIpc) is 2.34. The van der Waals surface area contributed by atoms with E-state index in [0.29, 0.717) is 17.9 Å². The van der Waals surface area contributed by atoms with Crippen molar-refractivity contribution in [1.29, 1.82) is 0 Å². The lowest BCUT2D eigenvalue weighted by Crippen LogP contribution is -2.21. The molecule has 1 aromatic heterocycles. The minimum absolute atomic E-state index is 0.0474. The number of nitrogens with one attached hydrogen (secondary N) is 1. The first kappa shape index (κ1) is 14.5. The Morgan fingerprint density at radius 1 is 1.22 bits per heavy atom. The monoisotopic (exact) mass is 253 g/mol. The molecule has 0 spiro atoms. The van der Waals surface area contributed by atoms with Crippen LogP contribution in [0.2, 0.25) is 0 Å². The Hall–Kier alpha value is -1.59. The van der Waals surface area contributed by atoms with Crippen molar-refractivity contribution in [3.8, 4) is 6.01 Å². The second-order valence-electron chi connectivity index (χ2n) is 4.35. The van der Waals surface area contributed by atoms with E-state index >= 15 is 0 Å². The zero-order valence-electron chi connectivity index (χ0n) is 11.9. The number of rotatable bonds is 7. The summed E-state index contributed by atoms with van der Waals surface area (Å²) in [6.07, 6.45) is 1.07. The molecule has 0 atom stereocenters. The van der Waals surface area contributed by atoms with Gasteiger partial charge in [-0.25, -0.2) is 0 Å². The third kappa shape index (κ3) is 4.35. The predicted molar refractivity (Wildman–Crippen MR) is 73.3 cm³/mol. The van der Waals surface area contributed by atoms with Gasteiger partial charge in [-0.05, 0) is 27.2 Å². The summed E-state index contributed by atoms with van der Waals surface area (Å²) < 4.78 is 5.54. The summed E-state index contributed by atoms with van der Waals surface area (Å²) in [6, 6.07) is 0.369. The van der Waals surface area contributed by atoms with Gasteiger partial charge < -0.3 is 15.0 Å². The highest BCUT2D eigenvalue weighted by molar-refractivity contribution is 5.37. The summed E-state index contributed by atoms with van der Waals surface area (Å²) in [5, 5.41) is 3.16. The zero-order chi connectivity index (χ0) is 13.5. The van der Waals surface area contributed by atoms with Gasteiger partial charge in [0.1, 0.15) is 0 Å². The number of ether oxygens (including phenoxy) is 1. The second-order valence-corrected chi connectivity index (χ2v) is 4.35. The van der Waals surface area contributed by atoms with Crippen LogP contribution in [0.1, 0.15) is 34.1 Å². The van der Waals surface area contributed by atoms with Crippen LogP contribution in [0.3, 0.4) is 0 Å². The predicted octanol–water partition coefficient (Wildman–Crippen LogP) is 1.94. The van der Waals surface area contributed by atoms with Crippen molar-refractivity contribution < 1.29 is 4.74 Å². The molecule has 1 N–H and O–H groups in total. The van der Waals surface area contributed by atoms with E-state index in [9.17, 15) is 0 Å². The van der Waals surface area contributed by atoms with E-state index in [1.165, 1.54) is 0 Å². The zero-order valence-corrected chi connectivity index (χ0v) is 11.9. The molecular formula is C12H23N5O. The number of nitrogens with zero attached hydrogens (tertiary/aromatic N) is 4. The van der Waals surface area contributed by atoms with Crippen molar-refractivity contribution in [2.75, 3.05) is 30.4 Å². The first-order valence-corrected chi connectivity index (χ1v) is 6.44. The fraction of sp³-hybridized carbons (Fsp3) is 0.750. The smallest absolute Gasteiger partial charge is 0.323 e. The first-order valence-electron chi connectivity index (χ1n) is 6.44. The van der Waals surface area contributed by atoms with Crippen LogP contribution in [0, 0.1) is 0 Å². The lowest BCUT2D eigenvalue weighted by Gasteiger charge is -2.17. The molecule has 0 aromatic carbocycles. The van der Waals surface area contributed by atoms with Crippen LogP contribution in [-0.2, 0) is 0 Å². The van der Waals surface area contributed by atoms with E-state index < -0.39 is 0 Å². The Morgan fingerprint density at radius 2 is 1.94 bits per heavy atom. The van der Waals surface area contributed by atoms with E-state index in [-0.39, 0.29) is 6.10 Å². The molecule has 0 amide bonds. The lowest BCUT2D eigenvalue weighted by molar-refractivity contribution is 0.222. The Labute approximate surface area is 109 Å². The van der Waals surface area contributed by atoms with Crippen LogP contribution in [-0.4, -0.2) is 41.2 Å². The molecule has 0 saturated carbocycles. The van der Waals surface area contributed by atoms with Crippen LogP contribution < -0.4 is 15.0 Å². The van der Waals surface area contributed by atoms with Gasteiger partial charge in [-0.3, -0.25) is 0 Å². The van der Waals surface area contributed by atoms with E-state index in [2.05, 4.69) is 27.2 Å². The van der Waals surface area contributed by atoms with Gasteiger partial charge in [-0.15, -0.1) is 0 Å². The van der Waals surface area contributed by atoms with E-state index in [1.54, 1.807) is 0 Å². The fourth-order valence-electron chi connectivity index (χ4n) is 1.24. The topological polar surface area (TPSA) is 63.2 Å². The number of hydrogen-bond acceptors (Lipinski definition) is 6. The van der Waals surface area contributed by atoms with Gasteiger partial charge in [0, 0.05) is 20.1 Å². The molecule has 6 nitrogen and oxygen atoms in total. The van der Waals surface area contributed by atoms with Crippen LogP contribution in [0.5, 0.6) is 6.01 Å². The maximum absolute atomic E-state index is 5.54. The molecule has 1 aromatic rings. The van der Waals surface area contributed by atoms with E-state index in [0.717, 1.165) is 19.5 Å². The molecule has 1 rings (SSSR count). The van der Waals surface area contributed by atoms with Gasteiger partial charge in [0.25, 0.3) is 0 Å². The SMILES string of the molecule is CCCNc1nc(OC(C)C)nc(N(C)CC)n1. The number of hydrogen-bond donors (Lipinski definition) is 1. The lowest BCUT2D eigenvalue weighted by atomic mass is 10.5. The quantitative estimate of drug-likeness (QED) is 0.801. The van der Waals surface area contributed by atoms with Crippen LogP contribution in [0.4, 0.5) is 11.9 Å². The maximum Gasteiger partial charge on any atom is 0.323 e. The van der Waals surface area contributed by atoms with E-state index in [4.69, 9.17) is 4.74 Å². The Kier molecular flexibility index (Phi) is 5.61. The molecule has 0 unspecified atom stereocenters. The van der Waals surface area contributed by atoms with Gasteiger partial charge in [0.15, 0.2) is 0 Å². The molecule has 102 valence electrons. The van der Waals surface area contributed by atoms with Gasteiger partial charge in [0.2, 0.25) is 11.9 Å². The molecule has 0 aliphatic carbocycles. The van der Waals surface area contributed by atoms with Crippen LogP contribution in [0.25, 0.3) is 0 Å². The van der Waals surface area contributed by atoms with Crippen LogP contribution >= 0.6 is 0 Å². The Morgan fingerprint density at radius 3 is 2.50 bits per heavy atom. The molecule has 0 saturated heterocycles. The van der Waals surface area contributed by atoms with Gasteiger partial charge in [-0.2, -0.15) is 15.0 Å². The van der Waals surface area contributed by atoms with Crippen molar-refractivity contribution in [2.24, 2.45) is 0 Å². The maximum atomic E-state index is 5.54. The standard InChI is InChI=1S/C12H23N5O/c1-6-8-13-10-14-11(17(5)7-2)16-12(15-10)18-9(3)4/h9H,6-8H2,1-5H3,(H,13,14,15,16). The van der Waals surface area contributed by atoms with Gasteiger partial charge in [-0.1, -0.05) is 6.92 Å². The molecule has 0 aliphatic rings. The molecule has 0 fully saturated rings. The minimum atomic E-state index is 0.0474. The molecule has 0 radical (unpaired) electrons. The normalized spacial score (nSPS) is 10.6. The fourth-order valence-corrected chi connectivity index (χ4v) is 1.24. The molecule has 1 heterocycles. The molecule has 0 bridgehead atoms. The molecule has 6 heteroatoms.